The average molecular weight is 310 g/mol. The van der Waals surface area contributed by atoms with E-state index in [1.54, 1.807) is 28.7 Å². The second-order valence-corrected chi connectivity index (χ2v) is 3.50. The van der Waals surface area contributed by atoms with Crippen LogP contribution in [-0.4, -0.2) is 10.1 Å². The molecule has 0 aliphatic carbocycles. The number of aliphatic hydroxyl groups excluding tert-OH is 1. The van der Waals surface area contributed by atoms with Gasteiger partial charge in [-0.05, 0) is 22.6 Å². The van der Waals surface area contributed by atoms with Crippen molar-refractivity contribution in [3.05, 3.63) is 26.6 Å². The third-order valence-corrected chi connectivity index (χ3v) is 2.78. The Bertz CT molecular complexity index is 390. The number of nitriles is 1. The number of alkyl halides is 2. The van der Waals surface area contributed by atoms with Gasteiger partial charge in [-0.2, -0.15) is 5.26 Å². The lowest BCUT2D eigenvalue weighted by Crippen LogP contribution is -2.03. The summed E-state index contributed by atoms with van der Waals surface area (Å²) in [5.41, 5.74) is -0.339. The number of pyridine rings is 1. The fraction of sp³-hybridized carbons (Fsp3) is 0.250. The minimum atomic E-state index is -2.73. The molecule has 0 aromatic carbocycles. The predicted octanol–water partition coefficient (Wildman–Crippen LogP) is 1.99. The van der Waals surface area contributed by atoms with E-state index in [0.717, 1.165) is 0 Å². The highest BCUT2D eigenvalue weighted by Gasteiger charge is 2.20. The molecule has 0 fully saturated rings. The first-order valence-electron chi connectivity index (χ1n) is 3.58. The molecular weight excluding hydrogens is 305 g/mol. The standard InChI is InChI=1S/C8H5F2IN2O/c9-8(10)6-5(3-14)13-2-4(1-12)7(6)11/h2,8,14H,3H2. The summed E-state index contributed by atoms with van der Waals surface area (Å²) >= 11 is 1.65. The van der Waals surface area contributed by atoms with Crippen molar-refractivity contribution in [3.63, 3.8) is 0 Å². The average Bonchev–Trinajstić information content (AvgIpc) is 2.16. The molecule has 0 spiro atoms. The molecule has 0 unspecified atom stereocenters. The molecule has 0 atom stereocenters. The number of halogens is 3. The molecule has 0 saturated carbocycles. The molecule has 14 heavy (non-hydrogen) atoms. The van der Waals surface area contributed by atoms with Gasteiger partial charge in [-0.3, -0.25) is 4.98 Å². The van der Waals surface area contributed by atoms with E-state index in [9.17, 15) is 8.78 Å². The fourth-order valence-electron chi connectivity index (χ4n) is 0.966. The molecular formula is C8H5F2IN2O. The zero-order valence-corrected chi connectivity index (χ0v) is 8.99. The van der Waals surface area contributed by atoms with Gasteiger partial charge in [0.15, 0.2) is 0 Å². The van der Waals surface area contributed by atoms with Crippen molar-refractivity contribution in [1.82, 2.24) is 4.98 Å². The molecule has 6 heteroatoms. The Kier molecular flexibility index (Phi) is 3.71. The molecule has 1 rings (SSSR count). The summed E-state index contributed by atoms with van der Waals surface area (Å²) in [4.78, 5) is 3.59. The van der Waals surface area contributed by atoms with Crippen molar-refractivity contribution in [2.24, 2.45) is 0 Å². The van der Waals surface area contributed by atoms with E-state index >= 15 is 0 Å². The number of rotatable bonds is 2. The van der Waals surface area contributed by atoms with Crippen molar-refractivity contribution in [1.29, 1.82) is 5.26 Å². The molecule has 1 aromatic heterocycles. The lowest BCUT2D eigenvalue weighted by molar-refractivity contribution is 0.145. The molecule has 0 aliphatic heterocycles. The Morgan fingerprint density at radius 1 is 1.64 bits per heavy atom. The zero-order valence-electron chi connectivity index (χ0n) is 6.84. The Labute approximate surface area is 92.5 Å². The third-order valence-electron chi connectivity index (χ3n) is 1.62. The van der Waals surface area contributed by atoms with Gasteiger partial charge in [0.1, 0.15) is 6.07 Å². The largest absolute Gasteiger partial charge is 0.390 e. The molecule has 0 saturated heterocycles. The lowest BCUT2D eigenvalue weighted by atomic mass is 10.1. The summed E-state index contributed by atoms with van der Waals surface area (Å²) in [7, 11) is 0. The van der Waals surface area contributed by atoms with Crippen molar-refractivity contribution < 1.29 is 13.9 Å². The van der Waals surface area contributed by atoms with E-state index in [4.69, 9.17) is 10.4 Å². The molecule has 0 aliphatic rings. The topological polar surface area (TPSA) is 56.9 Å². The second kappa shape index (κ2) is 4.61. The maximum absolute atomic E-state index is 12.5. The highest BCUT2D eigenvalue weighted by molar-refractivity contribution is 14.1. The summed E-state index contributed by atoms with van der Waals surface area (Å²) in [6.45, 7) is -0.554. The minimum Gasteiger partial charge on any atom is -0.390 e. The lowest BCUT2D eigenvalue weighted by Gasteiger charge is -2.08. The van der Waals surface area contributed by atoms with Crippen molar-refractivity contribution in [3.8, 4) is 6.07 Å². The van der Waals surface area contributed by atoms with Crippen LogP contribution < -0.4 is 0 Å². The van der Waals surface area contributed by atoms with Crippen LogP contribution in [0.5, 0.6) is 0 Å². The van der Waals surface area contributed by atoms with Crippen molar-refractivity contribution in [2.75, 3.05) is 0 Å². The van der Waals surface area contributed by atoms with Crippen LogP contribution in [0.15, 0.2) is 6.20 Å². The van der Waals surface area contributed by atoms with Gasteiger partial charge >= 0.3 is 0 Å². The fourth-order valence-corrected chi connectivity index (χ4v) is 1.77. The highest BCUT2D eigenvalue weighted by atomic mass is 127. The number of aliphatic hydroxyl groups is 1. The van der Waals surface area contributed by atoms with Crippen LogP contribution in [0.4, 0.5) is 8.78 Å². The maximum Gasteiger partial charge on any atom is 0.266 e. The predicted molar refractivity (Wildman–Crippen MR) is 52.5 cm³/mol. The van der Waals surface area contributed by atoms with E-state index in [0.29, 0.717) is 0 Å². The van der Waals surface area contributed by atoms with Crippen LogP contribution >= 0.6 is 22.6 Å². The second-order valence-electron chi connectivity index (χ2n) is 2.42. The minimum absolute atomic E-state index is 0.0802. The first-order chi connectivity index (χ1) is 6.61. The summed E-state index contributed by atoms with van der Waals surface area (Å²) < 4.78 is 25.2. The monoisotopic (exact) mass is 310 g/mol. The highest BCUT2D eigenvalue weighted by Crippen LogP contribution is 2.28. The molecule has 0 bridgehead atoms. The molecule has 0 radical (unpaired) electrons. The van der Waals surface area contributed by atoms with Crippen molar-refractivity contribution in [2.45, 2.75) is 13.0 Å². The smallest absolute Gasteiger partial charge is 0.266 e. The van der Waals surface area contributed by atoms with Gasteiger partial charge < -0.3 is 5.11 Å². The molecule has 1 N–H and O–H groups in total. The summed E-state index contributed by atoms with van der Waals surface area (Å²) in [5.74, 6) is 0. The van der Waals surface area contributed by atoms with Crippen molar-refractivity contribution >= 4 is 22.6 Å². The van der Waals surface area contributed by atoms with Crippen LogP contribution in [0.3, 0.4) is 0 Å². The summed E-state index contributed by atoms with van der Waals surface area (Å²) in [6.07, 6.45) is -1.55. The maximum atomic E-state index is 12.5. The van der Waals surface area contributed by atoms with Gasteiger partial charge in [0.25, 0.3) is 6.43 Å². The first kappa shape index (κ1) is 11.3. The van der Waals surface area contributed by atoms with Gasteiger partial charge in [-0.25, -0.2) is 8.78 Å². The van der Waals surface area contributed by atoms with Crippen LogP contribution in [0, 0.1) is 14.9 Å². The van der Waals surface area contributed by atoms with E-state index in [-0.39, 0.29) is 20.4 Å². The first-order valence-corrected chi connectivity index (χ1v) is 4.66. The number of hydrogen-bond acceptors (Lipinski definition) is 3. The molecule has 0 amide bonds. The summed E-state index contributed by atoms with van der Waals surface area (Å²) in [5, 5.41) is 17.4. The number of nitrogens with zero attached hydrogens (tertiary/aromatic N) is 2. The van der Waals surface area contributed by atoms with Crippen LogP contribution in [-0.2, 0) is 6.61 Å². The van der Waals surface area contributed by atoms with Crippen LogP contribution in [0.1, 0.15) is 23.2 Å². The quantitative estimate of drug-likeness (QED) is 0.850. The number of aromatic nitrogens is 1. The Morgan fingerprint density at radius 2 is 2.29 bits per heavy atom. The molecule has 1 aromatic rings. The molecule has 74 valence electrons. The van der Waals surface area contributed by atoms with E-state index in [2.05, 4.69) is 4.98 Å². The van der Waals surface area contributed by atoms with Gasteiger partial charge in [-0.1, -0.05) is 0 Å². The summed E-state index contributed by atoms with van der Waals surface area (Å²) in [6, 6.07) is 1.76. The number of hydrogen-bond donors (Lipinski definition) is 1. The Hall–Kier alpha value is -0.810. The Morgan fingerprint density at radius 3 is 2.71 bits per heavy atom. The van der Waals surface area contributed by atoms with Gasteiger partial charge in [-0.15, -0.1) is 0 Å². The van der Waals surface area contributed by atoms with E-state index < -0.39 is 13.0 Å². The third kappa shape index (κ3) is 1.99. The van der Waals surface area contributed by atoms with Crippen LogP contribution in [0.2, 0.25) is 0 Å². The van der Waals surface area contributed by atoms with Gasteiger partial charge in [0.2, 0.25) is 0 Å². The zero-order chi connectivity index (χ0) is 10.7. The van der Waals surface area contributed by atoms with Gasteiger partial charge in [0.05, 0.1) is 23.4 Å². The van der Waals surface area contributed by atoms with E-state index in [1.807, 2.05) is 0 Å². The normalized spacial score (nSPS) is 10.3. The molecule has 3 nitrogen and oxygen atoms in total. The van der Waals surface area contributed by atoms with E-state index in [1.165, 1.54) is 6.20 Å². The van der Waals surface area contributed by atoms with Gasteiger partial charge in [0, 0.05) is 9.77 Å². The Balaban J connectivity index is 3.41. The SMILES string of the molecule is N#Cc1cnc(CO)c(C(F)F)c1I. The molecule has 1 heterocycles. The van der Waals surface area contributed by atoms with Crippen LogP contribution in [0.25, 0.3) is 0 Å².